The number of amides is 2. The maximum absolute atomic E-state index is 12.9. The molecule has 10 heteroatoms. The van der Waals surface area contributed by atoms with Crippen molar-refractivity contribution in [3.05, 3.63) is 77.5 Å². The first-order chi connectivity index (χ1) is 16.9. The van der Waals surface area contributed by atoms with Gasteiger partial charge in [-0.15, -0.1) is 0 Å². The predicted molar refractivity (Wildman–Crippen MR) is 121 cm³/mol. The van der Waals surface area contributed by atoms with Gasteiger partial charge in [-0.3, -0.25) is 4.79 Å². The molecule has 2 heterocycles. The van der Waals surface area contributed by atoms with Gasteiger partial charge in [0.25, 0.3) is 5.91 Å². The lowest BCUT2D eigenvalue weighted by Gasteiger charge is -2.20. The number of nitrogens with zero attached hydrogens (tertiary/aromatic N) is 2. The maximum atomic E-state index is 12.9. The first-order valence-corrected chi connectivity index (χ1v) is 11.2. The molecule has 1 unspecified atom stereocenters. The second-order valence-electron chi connectivity index (χ2n) is 8.50. The lowest BCUT2D eigenvalue weighted by Crippen LogP contribution is -2.41. The Labute approximate surface area is 200 Å². The maximum Gasteiger partial charge on any atom is 0.407 e. The van der Waals surface area contributed by atoms with E-state index in [2.05, 4.69) is 10.3 Å². The van der Waals surface area contributed by atoms with Gasteiger partial charge in [-0.1, -0.05) is 48.5 Å². The lowest BCUT2D eigenvalue weighted by molar-refractivity contribution is -0.141. The van der Waals surface area contributed by atoms with Crippen LogP contribution in [-0.2, 0) is 16.1 Å². The molecule has 0 spiro atoms. The van der Waals surface area contributed by atoms with Gasteiger partial charge in [0.2, 0.25) is 0 Å². The summed E-state index contributed by atoms with van der Waals surface area (Å²) in [6.07, 6.45) is -0.646. The number of nitrogens with one attached hydrogen (secondary N) is 1. The minimum Gasteiger partial charge on any atom is -0.480 e. The number of carbonyl (C=O) groups is 3. The van der Waals surface area contributed by atoms with E-state index in [4.69, 9.17) is 9.15 Å². The number of oxazole rings is 1. The van der Waals surface area contributed by atoms with Crippen molar-refractivity contribution in [3.8, 4) is 11.1 Å². The fourth-order valence-corrected chi connectivity index (χ4v) is 4.78. The number of carbonyl (C=O) groups excluding carboxylic acids is 2. The number of aliphatic hydroxyl groups is 1. The summed E-state index contributed by atoms with van der Waals surface area (Å²) in [6, 6.07) is 14.8. The van der Waals surface area contributed by atoms with Crippen LogP contribution in [0, 0.1) is 0 Å². The van der Waals surface area contributed by atoms with Gasteiger partial charge in [0.05, 0.1) is 12.6 Å². The number of aromatic nitrogens is 1. The fourth-order valence-electron chi connectivity index (χ4n) is 4.78. The lowest BCUT2D eigenvalue weighted by atomic mass is 9.98. The fraction of sp³-hybridized carbons (Fsp3) is 0.280. The van der Waals surface area contributed by atoms with Gasteiger partial charge in [0.1, 0.15) is 12.6 Å². The molecule has 3 aromatic rings. The molecule has 5 rings (SSSR count). The molecule has 35 heavy (non-hydrogen) atoms. The highest BCUT2D eigenvalue weighted by atomic mass is 16.5. The zero-order valence-corrected chi connectivity index (χ0v) is 18.6. The van der Waals surface area contributed by atoms with Gasteiger partial charge >= 0.3 is 12.1 Å². The number of benzene rings is 2. The first kappa shape index (κ1) is 22.6. The molecule has 1 saturated heterocycles. The highest BCUT2D eigenvalue weighted by molar-refractivity contribution is 5.96. The minimum absolute atomic E-state index is 0.0632. The molecule has 2 amide bonds. The molecule has 1 aliphatic heterocycles. The Bertz CT molecular complexity index is 1240. The van der Waals surface area contributed by atoms with E-state index in [-0.39, 0.29) is 43.5 Å². The average Bonchev–Trinajstić information content (AvgIpc) is 3.57. The van der Waals surface area contributed by atoms with E-state index in [1.807, 2.05) is 48.5 Å². The van der Waals surface area contributed by atoms with Crippen molar-refractivity contribution in [1.29, 1.82) is 0 Å². The van der Waals surface area contributed by atoms with Crippen LogP contribution in [-0.4, -0.2) is 63.4 Å². The monoisotopic (exact) mass is 477 g/mol. The number of ether oxygens (including phenoxy) is 1. The molecule has 0 bridgehead atoms. The SMILES string of the molecule is O=C(NCc1ocnc1C(=O)N1CC(O)C[C@H]1C(=O)O)OCC1c2ccccc2-c2ccccc21. The van der Waals surface area contributed by atoms with Gasteiger partial charge in [0, 0.05) is 18.9 Å². The average molecular weight is 477 g/mol. The van der Waals surface area contributed by atoms with Crippen LogP contribution in [0.4, 0.5) is 4.79 Å². The molecule has 3 N–H and O–H groups in total. The van der Waals surface area contributed by atoms with Crippen LogP contribution in [0.1, 0.15) is 39.7 Å². The highest BCUT2D eigenvalue weighted by Gasteiger charge is 2.40. The van der Waals surface area contributed by atoms with Crippen molar-refractivity contribution in [1.82, 2.24) is 15.2 Å². The summed E-state index contributed by atoms with van der Waals surface area (Å²) in [5.41, 5.74) is 4.29. The molecule has 180 valence electrons. The molecule has 2 aromatic carbocycles. The Morgan fingerprint density at radius 1 is 1.09 bits per heavy atom. The highest BCUT2D eigenvalue weighted by Crippen LogP contribution is 2.44. The molecular formula is C25H23N3O7. The summed E-state index contributed by atoms with van der Waals surface area (Å²) in [6.45, 7) is -0.165. The number of β-amino-alcohol motifs (C(OH)–C–C–N with tert-alkyl or cyclic N) is 1. The molecule has 0 radical (unpaired) electrons. The molecule has 2 aliphatic rings. The number of rotatable bonds is 6. The summed E-state index contributed by atoms with van der Waals surface area (Å²) in [5, 5.41) is 21.7. The Kier molecular flexibility index (Phi) is 5.96. The van der Waals surface area contributed by atoms with Gasteiger partial charge < -0.3 is 29.6 Å². The number of likely N-dealkylation sites (tertiary alicyclic amines) is 1. The van der Waals surface area contributed by atoms with Crippen LogP contribution in [0.15, 0.2) is 59.3 Å². The van der Waals surface area contributed by atoms with E-state index < -0.39 is 30.1 Å². The molecule has 2 atom stereocenters. The zero-order valence-electron chi connectivity index (χ0n) is 18.6. The third kappa shape index (κ3) is 4.24. The van der Waals surface area contributed by atoms with Crippen LogP contribution < -0.4 is 5.32 Å². The van der Waals surface area contributed by atoms with Crippen molar-refractivity contribution < 1.29 is 33.8 Å². The normalized spacial score (nSPS) is 18.7. The smallest absolute Gasteiger partial charge is 0.407 e. The number of carboxylic acids is 1. The third-order valence-electron chi connectivity index (χ3n) is 6.41. The van der Waals surface area contributed by atoms with Gasteiger partial charge in [-0.2, -0.15) is 0 Å². The summed E-state index contributed by atoms with van der Waals surface area (Å²) < 4.78 is 10.7. The number of alkyl carbamates (subject to hydrolysis) is 1. The molecule has 1 aromatic heterocycles. The molecule has 1 fully saturated rings. The minimum atomic E-state index is -1.21. The number of carboxylic acid groups (broad SMARTS) is 1. The predicted octanol–water partition coefficient (Wildman–Crippen LogP) is 2.37. The van der Waals surface area contributed by atoms with Crippen molar-refractivity contribution in [2.45, 2.75) is 31.0 Å². The Hall–Kier alpha value is -4.18. The molecule has 1 aliphatic carbocycles. The van der Waals surface area contributed by atoms with E-state index in [1.54, 1.807) is 0 Å². The summed E-state index contributed by atoms with van der Waals surface area (Å²) >= 11 is 0. The topological polar surface area (TPSA) is 142 Å². The molecule has 0 saturated carbocycles. The summed E-state index contributed by atoms with van der Waals surface area (Å²) in [7, 11) is 0. The molecular weight excluding hydrogens is 454 g/mol. The number of aliphatic carboxylic acids is 1. The van der Waals surface area contributed by atoms with Crippen LogP contribution in [0.5, 0.6) is 0 Å². The summed E-state index contributed by atoms with van der Waals surface area (Å²) in [4.78, 5) is 41.7. The third-order valence-corrected chi connectivity index (χ3v) is 6.41. The largest absolute Gasteiger partial charge is 0.480 e. The zero-order chi connectivity index (χ0) is 24.5. The van der Waals surface area contributed by atoms with E-state index in [1.165, 1.54) is 0 Å². The van der Waals surface area contributed by atoms with E-state index in [9.17, 15) is 24.6 Å². The van der Waals surface area contributed by atoms with Crippen molar-refractivity contribution in [3.63, 3.8) is 0 Å². The number of fused-ring (bicyclic) bond motifs is 3. The van der Waals surface area contributed by atoms with Crippen LogP contribution in [0.25, 0.3) is 11.1 Å². The Morgan fingerprint density at radius 2 is 1.74 bits per heavy atom. The number of hydrogen-bond donors (Lipinski definition) is 3. The summed E-state index contributed by atoms with van der Waals surface area (Å²) in [5.74, 6) is -1.93. The van der Waals surface area contributed by atoms with Gasteiger partial charge in [-0.05, 0) is 22.3 Å². The van der Waals surface area contributed by atoms with Gasteiger partial charge in [0.15, 0.2) is 17.8 Å². The van der Waals surface area contributed by atoms with Crippen molar-refractivity contribution in [2.24, 2.45) is 0 Å². The van der Waals surface area contributed by atoms with Crippen molar-refractivity contribution >= 4 is 18.0 Å². The van der Waals surface area contributed by atoms with Crippen LogP contribution in [0.2, 0.25) is 0 Å². The second-order valence-corrected chi connectivity index (χ2v) is 8.50. The Balaban J connectivity index is 1.22. The molecule has 10 nitrogen and oxygen atoms in total. The first-order valence-electron chi connectivity index (χ1n) is 11.2. The number of hydrogen-bond acceptors (Lipinski definition) is 7. The Morgan fingerprint density at radius 3 is 2.40 bits per heavy atom. The van der Waals surface area contributed by atoms with Crippen molar-refractivity contribution in [2.75, 3.05) is 13.2 Å². The van der Waals surface area contributed by atoms with Crippen LogP contribution >= 0.6 is 0 Å². The van der Waals surface area contributed by atoms with E-state index in [0.717, 1.165) is 33.5 Å². The van der Waals surface area contributed by atoms with Crippen LogP contribution in [0.3, 0.4) is 0 Å². The van der Waals surface area contributed by atoms with E-state index in [0.29, 0.717) is 0 Å². The quantitative estimate of drug-likeness (QED) is 0.491. The van der Waals surface area contributed by atoms with E-state index >= 15 is 0 Å². The standard InChI is InChI=1S/C25H23N3O7/c29-14-9-20(24(31)32)28(11-14)23(30)22-21(35-13-27-22)10-26-25(33)34-12-19-17-7-3-1-5-15(17)16-6-2-4-8-18(16)19/h1-8,13-14,19-20,29H,9-12H2,(H,26,33)(H,31,32)/t14?,20-/m0/s1. The van der Waals surface area contributed by atoms with Gasteiger partial charge in [-0.25, -0.2) is 14.6 Å². The number of aliphatic hydroxyl groups excluding tert-OH is 1. The second kappa shape index (κ2) is 9.22.